The van der Waals surface area contributed by atoms with Gasteiger partial charge in [0.2, 0.25) is 0 Å². The summed E-state index contributed by atoms with van der Waals surface area (Å²) in [6, 6.07) is 13.9. The van der Waals surface area contributed by atoms with E-state index in [4.69, 9.17) is 9.47 Å². The van der Waals surface area contributed by atoms with Gasteiger partial charge in [0.15, 0.2) is 5.96 Å². The van der Waals surface area contributed by atoms with Crippen LogP contribution >= 0.6 is 24.0 Å². The van der Waals surface area contributed by atoms with Crippen molar-refractivity contribution in [3.05, 3.63) is 59.9 Å². The van der Waals surface area contributed by atoms with E-state index in [-0.39, 0.29) is 29.8 Å². The summed E-state index contributed by atoms with van der Waals surface area (Å²) in [4.78, 5) is 4.45. The van der Waals surface area contributed by atoms with Crippen molar-refractivity contribution in [2.24, 2.45) is 4.99 Å². The highest BCUT2D eigenvalue weighted by Gasteiger charge is 2.00. The zero-order chi connectivity index (χ0) is 17.9. The number of ether oxygens (including phenoxy) is 2. The fourth-order valence-electron chi connectivity index (χ4n) is 2.16. The summed E-state index contributed by atoms with van der Waals surface area (Å²) < 4.78 is 24.0. The van der Waals surface area contributed by atoms with Crippen molar-refractivity contribution in [1.82, 2.24) is 10.6 Å². The van der Waals surface area contributed by atoms with Crippen LogP contribution in [0.1, 0.15) is 12.5 Å². The maximum atomic E-state index is 13.2. The van der Waals surface area contributed by atoms with Crippen LogP contribution in [0.2, 0.25) is 0 Å². The van der Waals surface area contributed by atoms with E-state index in [0.29, 0.717) is 25.7 Å². The van der Waals surface area contributed by atoms with Gasteiger partial charge in [-0.05, 0) is 48.9 Å². The molecule has 2 aromatic rings. The number of nitrogens with one attached hydrogen (secondary N) is 2. The Bertz CT molecular complexity index is 681. The summed E-state index contributed by atoms with van der Waals surface area (Å²) in [5, 5.41) is 6.35. The Hall–Kier alpha value is -2.03. The second kappa shape index (κ2) is 12.3. The first-order chi connectivity index (χ1) is 12.2. The molecule has 2 aromatic carbocycles. The van der Waals surface area contributed by atoms with Crippen molar-refractivity contribution in [1.29, 1.82) is 0 Å². The van der Waals surface area contributed by atoms with Gasteiger partial charge < -0.3 is 20.1 Å². The number of aliphatic imine (C=N–C) groups is 1. The fraction of sp³-hybridized carbons (Fsp3) is 0.316. The Kier molecular flexibility index (Phi) is 10.5. The molecule has 0 atom stereocenters. The average Bonchev–Trinajstić information content (AvgIpc) is 2.63. The molecule has 0 radical (unpaired) electrons. The van der Waals surface area contributed by atoms with Gasteiger partial charge in [-0.3, -0.25) is 0 Å². The Balaban J connectivity index is 0.00000338. The Labute approximate surface area is 171 Å². The molecule has 0 spiro atoms. The van der Waals surface area contributed by atoms with Crippen LogP contribution in [-0.4, -0.2) is 32.8 Å². The molecule has 0 aliphatic rings. The molecule has 0 heterocycles. The maximum absolute atomic E-state index is 13.2. The highest BCUT2D eigenvalue weighted by Crippen LogP contribution is 2.16. The molecule has 0 amide bonds. The number of halogens is 2. The molecule has 0 saturated heterocycles. The highest BCUT2D eigenvalue weighted by molar-refractivity contribution is 14.0. The summed E-state index contributed by atoms with van der Waals surface area (Å²) in [6.45, 7) is 4.24. The first-order valence-electron chi connectivity index (χ1n) is 8.24. The van der Waals surface area contributed by atoms with Crippen LogP contribution in [0.5, 0.6) is 11.5 Å². The molecule has 0 aliphatic carbocycles. The predicted octanol–water partition coefficient (Wildman–Crippen LogP) is 3.59. The van der Waals surface area contributed by atoms with E-state index in [2.05, 4.69) is 15.6 Å². The van der Waals surface area contributed by atoms with Gasteiger partial charge in [-0.25, -0.2) is 9.38 Å². The quantitative estimate of drug-likeness (QED) is 0.267. The lowest BCUT2D eigenvalue weighted by Crippen LogP contribution is -2.39. The van der Waals surface area contributed by atoms with Gasteiger partial charge in [0.05, 0.1) is 20.2 Å². The van der Waals surface area contributed by atoms with Gasteiger partial charge in [-0.15, -0.1) is 24.0 Å². The van der Waals surface area contributed by atoms with E-state index in [1.54, 1.807) is 13.2 Å². The zero-order valence-electron chi connectivity index (χ0n) is 15.0. The Morgan fingerprint density at radius 1 is 1.08 bits per heavy atom. The highest BCUT2D eigenvalue weighted by atomic mass is 127. The van der Waals surface area contributed by atoms with Gasteiger partial charge in [0.25, 0.3) is 0 Å². The van der Waals surface area contributed by atoms with E-state index in [0.717, 1.165) is 23.6 Å². The lowest BCUT2D eigenvalue weighted by atomic mass is 10.2. The molecular weight excluding hydrogens is 448 g/mol. The predicted molar refractivity (Wildman–Crippen MR) is 113 cm³/mol. The topological polar surface area (TPSA) is 54.9 Å². The molecule has 0 fully saturated rings. The van der Waals surface area contributed by atoms with Crippen LogP contribution in [0.3, 0.4) is 0 Å². The number of methoxy groups -OCH3 is 1. The van der Waals surface area contributed by atoms with Gasteiger partial charge >= 0.3 is 0 Å². The van der Waals surface area contributed by atoms with Crippen LogP contribution < -0.4 is 20.1 Å². The van der Waals surface area contributed by atoms with Crippen LogP contribution in [0.15, 0.2) is 53.5 Å². The van der Waals surface area contributed by atoms with Crippen molar-refractivity contribution in [3.63, 3.8) is 0 Å². The summed E-state index contributed by atoms with van der Waals surface area (Å²) in [5.74, 6) is 2.00. The third-order valence-corrected chi connectivity index (χ3v) is 3.38. The monoisotopic (exact) mass is 473 g/mol. The molecule has 0 aliphatic heterocycles. The van der Waals surface area contributed by atoms with Crippen molar-refractivity contribution >= 4 is 29.9 Å². The van der Waals surface area contributed by atoms with Gasteiger partial charge in [0.1, 0.15) is 23.9 Å². The van der Waals surface area contributed by atoms with Crippen molar-refractivity contribution in [2.75, 3.05) is 26.8 Å². The lowest BCUT2D eigenvalue weighted by molar-refractivity contribution is 0.321. The largest absolute Gasteiger partial charge is 0.497 e. The first-order valence-corrected chi connectivity index (χ1v) is 8.24. The summed E-state index contributed by atoms with van der Waals surface area (Å²) >= 11 is 0. The summed E-state index contributed by atoms with van der Waals surface area (Å²) in [7, 11) is 1.63. The molecule has 7 heteroatoms. The van der Waals surface area contributed by atoms with Crippen molar-refractivity contribution in [3.8, 4) is 11.5 Å². The van der Waals surface area contributed by atoms with E-state index >= 15 is 0 Å². The average molecular weight is 473 g/mol. The summed E-state index contributed by atoms with van der Waals surface area (Å²) in [5.41, 5.74) is 0.826. The maximum Gasteiger partial charge on any atom is 0.191 e. The van der Waals surface area contributed by atoms with E-state index < -0.39 is 0 Å². The smallest absolute Gasteiger partial charge is 0.191 e. The Morgan fingerprint density at radius 3 is 2.46 bits per heavy atom. The second-order valence-electron chi connectivity index (χ2n) is 5.28. The van der Waals surface area contributed by atoms with Crippen LogP contribution in [0.4, 0.5) is 4.39 Å². The summed E-state index contributed by atoms with van der Waals surface area (Å²) in [6.07, 6.45) is 0. The molecule has 5 nitrogen and oxygen atoms in total. The van der Waals surface area contributed by atoms with E-state index in [1.165, 1.54) is 12.1 Å². The molecule has 0 aromatic heterocycles. The minimum absolute atomic E-state index is 0. The number of hydrogen-bond donors (Lipinski definition) is 2. The minimum Gasteiger partial charge on any atom is -0.497 e. The fourth-order valence-corrected chi connectivity index (χ4v) is 2.16. The molecule has 0 bridgehead atoms. The first kappa shape index (κ1) is 22.0. The number of rotatable bonds is 8. The molecule has 26 heavy (non-hydrogen) atoms. The molecule has 0 unspecified atom stereocenters. The zero-order valence-corrected chi connectivity index (χ0v) is 17.3. The molecule has 0 saturated carbocycles. The number of benzene rings is 2. The molecular formula is C19H25FIN3O2. The van der Waals surface area contributed by atoms with Gasteiger partial charge in [-0.1, -0.05) is 12.1 Å². The minimum atomic E-state index is -0.251. The van der Waals surface area contributed by atoms with Crippen molar-refractivity contribution < 1.29 is 13.9 Å². The number of nitrogens with zero attached hydrogens (tertiary/aromatic N) is 1. The molecule has 142 valence electrons. The third-order valence-electron chi connectivity index (χ3n) is 3.38. The lowest BCUT2D eigenvalue weighted by Gasteiger charge is -2.12. The van der Waals surface area contributed by atoms with E-state index in [1.807, 2.05) is 37.3 Å². The number of guanidine groups is 1. The van der Waals surface area contributed by atoms with Gasteiger partial charge in [0, 0.05) is 6.54 Å². The van der Waals surface area contributed by atoms with E-state index in [9.17, 15) is 4.39 Å². The SMILES string of the molecule is CCNC(=NCc1cccc(F)c1)NCCOc1ccc(OC)cc1.I. The molecule has 2 N–H and O–H groups in total. The van der Waals surface area contributed by atoms with Gasteiger partial charge in [-0.2, -0.15) is 0 Å². The second-order valence-corrected chi connectivity index (χ2v) is 5.28. The number of hydrogen-bond acceptors (Lipinski definition) is 3. The Morgan fingerprint density at radius 2 is 1.81 bits per heavy atom. The molecule has 2 rings (SSSR count). The van der Waals surface area contributed by atoms with Crippen LogP contribution in [0.25, 0.3) is 0 Å². The van der Waals surface area contributed by atoms with Crippen LogP contribution in [-0.2, 0) is 6.54 Å². The van der Waals surface area contributed by atoms with Crippen molar-refractivity contribution in [2.45, 2.75) is 13.5 Å². The standard InChI is InChI=1S/C19H24FN3O2.HI/c1-3-21-19(23-14-15-5-4-6-16(20)13-15)22-11-12-25-18-9-7-17(24-2)8-10-18;/h4-10,13H,3,11-12,14H2,1-2H3,(H2,21,22,23);1H. The normalized spacial score (nSPS) is 10.7. The van der Waals surface area contributed by atoms with Crippen LogP contribution in [0, 0.1) is 5.82 Å². The third kappa shape index (κ3) is 7.90.